The third kappa shape index (κ3) is 2.15. The molecular formula is C18H13N3O. The van der Waals surface area contributed by atoms with Gasteiger partial charge in [-0.15, -0.1) is 5.10 Å². The van der Waals surface area contributed by atoms with Crippen LogP contribution in [0.1, 0.15) is 11.1 Å². The maximum atomic E-state index is 4.55. The Kier molecular flexibility index (Phi) is 3.12. The van der Waals surface area contributed by atoms with Crippen molar-refractivity contribution in [3.8, 4) is 11.1 Å². The molecule has 0 saturated carbocycles. The molecule has 1 aliphatic rings. The van der Waals surface area contributed by atoms with Gasteiger partial charge in [-0.25, -0.2) is 0 Å². The summed E-state index contributed by atoms with van der Waals surface area (Å²) in [6, 6.07) is 17.2. The Morgan fingerprint density at radius 1 is 0.864 bits per heavy atom. The molecule has 0 atom stereocenters. The van der Waals surface area contributed by atoms with Crippen molar-refractivity contribution in [3.63, 3.8) is 0 Å². The fourth-order valence-corrected chi connectivity index (χ4v) is 2.89. The number of hydrogen-bond acceptors (Lipinski definition) is 4. The second-order valence-corrected chi connectivity index (χ2v) is 5.10. The zero-order valence-corrected chi connectivity index (χ0v) is 11.8. The van der Waals surface area contributed by atoms with Crippen LogP contribution < -0.4 is 0 Å². The van der Waals surface area contributed by atoms with Crippen molar-refractivity contribution in [1.82, 2.24) is 15.4 Å². The van der Waals surface area contributed by atoms with Crippen LogP contribution in [0, 0.1) is 0 Å². The van der Waals surface area contributed by atoms with E-state index in [-0.39, 0.29) is 0 Å². The predicted octanol–water partition coefficient (Wildman–Crippen LogP) is 3.88. The van der Waals surface area contributed by atoms with Gasteiger partial charge in [-0.3, -0.25) is 4.98 Å². The first-order chi connectivity index (χ1) is 10.9. The molecule has 106 valence electrons. The first-order valence-corrected chi connectivity index (χ1v) is 7.09. The van der Waals surface area contributed by atoms with Gasteiger partial charge in [0.15, 0.2) is 0 Å². The van der Waals surface area contributed by atoms with Crippen LogP contribution in [0.2, 0.25) is 0 Å². The van der Waals surface area contributed by atoms with Crippen LogP contribution in [0.4, 0.5) is 0 Å². The van der Waals surface area contributed by atoms with E-state index in [9.17, 15) is 0 Å². The molecule has 0 amide bonds. The van der Waals surface area contributed by atoms with Gasteiger partial charge in [0.05, 0.1) is 11.7 Å². The van der Waals surface area contributed by atoms with Crippen LogP contribution in [0.5, 0.6) is 0 Å². The highest BCUT2D eigenvalue weighted by molar-refractivity contribution is 5.98. The average Bonchev–Trinajstić information content (AvgIpc) is 3.25. The zero-order chi connectivity index (χ0) is 14.8. The Morgan fingerprint density at radius 3 is 2.64 bits per heavy atom. The molecule has 2 aromatic carbocycles. The Morgan fingerprint density at radius 2 is 1.82 bits per heavy atom. The minimum absolute atomic E-state index is 1.04. The molecular weight excluding hydrogens is 274 g/mol. The summed E-state index contributed by atoms with van der Waals surface area (Å²) in [5, 5.41) is 7.63. The molecule has 4 heteroatoms. The Balaban J connectivity index is 0.000000215. The SMILES string of the molecule is c1ccc2c(c1)Cc1ccc3cccnc3c1-2.c1conn1. The van der Waals surface area contributed by atoms with E-state index in [4.69, 9.17) is 0 Å². The number of pyridine rings is 1. The van der Waals surface area contributed by atoms with Gasteiger partial charge in [-0.2, -0.15) is 0 Å². The number of nitrogens with zero attached hydrogens (tertiary/aromatic N) is 3. The highest BCUT2D eigenvalue weighted by Crippen LogP contribution is 2.40. The van der Waals surface area contributed by atoms with Gasteiger partial charge in [-0.1, -0.05) is 42.5 Å². The van der Waals surface area contributed by atoms with Gasteiger partial charge in [0, 0.05) is 22.4 Å². The lowest BCUT2D eigenvalue weighted by Crippen LogP contribution is -1.84. The molecule has 0 bridgehead atoms. The Labute approximate surface area is 127 Å². The quantitative estimate of drug-likeness (QED) is 0.434. The molecule has 4 aromatic rings. The molecule has 0 N–H and O–H groups in total. The van der Waals surface area contributed by atoms with E-state index < -0.39 is 0 Å². The third-order valence-electron chi connectivity index (χ3n) is 3.81. The molecule has 2 aromatic heterocycles. The van der Waals surface area contributed by atoms with Gasteiger partial charge in [-0.05, 0) is 29.2 Å². The van der Waals surface area contributed by atoms with Crippen molar-refractivity contribution in [2.75, 3.05) is 0 Å². The molecule has 0 radical (unpaired) electrons. The van der Waals surface area contributed by atoms with Crippen molar-refractivity contribution in [2.45, 2.75) is 6.42 Å². The standard InChI is InChI=1S/C16H11N.C2H2N2O/c1-2-6-14-12(4-1)10-13-8-7-11-5-3-9-17-16(11)15(13)14;1-2-5-4-3-1/h1-9H,10H2;1-2H. The van der Waals surface area contributed by atoms with E-state index in [0.717, 1.165) is 11.9 Å². The fourth-order valence-electron chi connectivity index (χ4n) is 2.89. The second kappa shape index (κ2) is 5.41. The first kappa shape index (κ1) is 12.7. The first-order valence-electron chi connectivity index (χ1n) is 7.09. The number of benzene rings is 2. The molecule has 0 fully saturated rings. The van der Waals surface area contributed by atoms with Crippen LogP contribution in [0.3, 0.4) is 0 Å². The molecule has 4 nitrogen and oxygen atoms in total. The lowest BCUT2D eigenvalue weighted by molar-refractivity contribution is 0.393. The topological polar surface area (TPSA) is 51.8 Å². The van der Waals surface area contributed by atoms with E-state index in [0.29, 0.717) is 0 Å². The van der Waals surface area contributed by atoms with E-state index in [1.165, 1.54) is 40.1 Å². The minimum Gasteiger partial charge on any atom is -0.346 e. The van der Waals surface area contributed by atoms with Crippen molar-refractivity contribution < 1.29 is 4.52 Å². The number of aromatic nitrogens is 3. The highest BCUT2D eigenvalue weighted by atomic mass is 16.5. The summed E-state index contributed by atoms with van der Waals surface area (Å²) in [6.07, 6.45) is 5.79. The van der Waals surface area contributed by atoms with Gasteiger partial charge >= 0.3 is 0 Å². The minimum atomic E-state index is 1.04. The van der Waals surface area contributed by atoms with Gasteiger partial charge < -0.3 is 4.52 Å². The maximum absolute atomic E-state index is 4.55. The molecule has 2 heterocycles. The van der Waals surface area contributed by atoms with Crippen molar-refractivity contribution in [1.29, 1.82) is 0 Å². The Bertz CT molecular complexity index is 899. The van der Waals surface area contributed by atoms with Crippen LogP contribution >= 0.6 is 0 Å². The van der Waals surface area contributed by atoms with Crippen molar-refractivity contribution >= 4 is 10.9 Å². The predicted molar refractivity (Wildman–Crippen MR) is 84.3 cm³/mol. The monoisotopic (exact) mass is 287 g/mol. The van der Waals surface area contributed by atoms with Gasteiger partial charge in [0.2, 0.25) is 0 Å². The lowest BCUT2D eigenvalue weighted by Gasteiger charge is -2.05. The van der Waals surface area contributed by atoms with Crippen LogP contribution in [-0.4, -0.2) is 15.4 Å². The fraction of sp³-hybridized carbons (Fsp3) is 0.0556. The summed E-state index contributed by atoms with van der Waals surface area (Å²) in [6.45, 7) is 0. The van der Waals surface area contributed by atoms with E-state index in [1.807, 2.05) is 12.3 Å². The summed E-state index contributed by atoms with van der Waals surface area (Å²) in [5.74, 6) is 0. The largest absolute Gasteiger partial charge is 0.346 e. The summed E-state index contributed by atoms with van der Waals surface area (Å²) >= 11 is 0. The third-order valence-corrected chi connectivity index (χ3v) is 3.81. The summed E-state index contributed by atoms with van der Waals surface area (Å²) in [7, 11) is 0. The Hall–Kier alpha value is -3.01. The van der Waals surface area contributed by atoms with Crippen LogP contribution in [0.15, 0.2) is 71.7 Å². The normalized spacial score (nSPS) is 11.5. The molecule has 1 aliphatic carbocycles. The van der Waals surface area contributed by atoms with E-state index in [2.05, 4.69) is 62.3 Å². The highest BCUT2D eigenvalue weighted by Gasteiger charge is 2.20. The van der Waals surface area contributed by atoms with Gasteiger partial charge in [0.25, 0.3) is 0 Å². The van der Waals surface area contributed by atoms with Crippen molar-refractivity contribution in [3.05, 3.63) is 78.3 Å². The van der Waals surface area contributed by atoms with Crippen LogP contribution in [-0.2, 0) is 6.42 Å². The van der Waals surface area contributed by atoms with E-state index in [1.54, 1.807) is 0 Å². The molecule has 5 rings (SSSR count). The lowest BCUT2D eigenvalue weighted by atomic mass is 10.0. The van der Waals surface area contributed by atoms with Gasteiger partial charge in [0.1, 0.15) is 6.26 Å². The summed E-state index contributed by atoms with van der Waals surface area (Å²) in [4.78, 5) is 4.55. The van der Waals surface area contributed by atoms with Crippen molar-refractivity contribution in [2.24, 2.45) is 0 Å². The molecule has 0 saturated heterocycles. The van der Waals surface area contributed by atoms with Crippen LogP contribution in [0.25, 0.3) is 22.0 Å². The average molecular weight is 287 g/mol. The second-order valence-electron chi connectivity index (χ2n) is 5.10. The number of rotatable bonds is 0. The summed E-state index contributed by atoms with van der Waals surface area (Å²) < 4.78 is 4.22. The molecule has 0 aliphatic heterocycles. The molecule has 0 unspecified atom stereocenters. The zero-order valence-electron chi connectivity index (χ0n) is 11.8. The summed E-state index contributed by atoms with van der Waals surface area (Å²) in [5.41, 5.74) is 6.64. The number of fused-ring (bicyclic) bond motifs is 5. The number of hydrogen-bond donors (Lipinski definition) is 0. The maximum Gasteiger partial charge on any atom is 0.144 e. The smallest absolute Gasteiger partial charge is 0.144 e. The molecule has 22 heavy (non-hydrogen) atoms. The van der Waals surface area contributed by atoms with E-state index >= 15 is 0 Å². The molecule has 0 spiro atoms.